The summed E-state index contributed by atoms with van der Waals surface area (Å²) in [6.45, 7) is 3.85. The van der Waals surface area contributed by atoms with Crippen molar-refractivity contribution in [1.82, 2.24) is 10.2 Å². The van der Waals surface area contributed by atoms with Crippen LogP contribution in [-0.2, 0) is 0 Å². The van der Waals surface area contributed by atoms with Crippen LogP contribution < -0.4 is 5.32 Å². The van der Waals surface area contributed by atoms with Gasteiger partial charge in [-0.05, 0) is 77.0 Å². The molecule has 2 saturated carbocycles. The van der Waals surface area contributed by atoms with Gasteiger partial charge in [0.25, 0.3) is 0 Å². The Hall–Kier alpha value is -0.0800. The zero-order chi connectivity index (χ0) is 12.1. The second kappa shape index (κ2) is 6.75. The zero-order valence-electron chi connectivity index (χ0n) is 11.8. The first kappa shape index (κ1) is 13.4. The molecule has 3 unspecified atom stereocenters. The third-order valence-electron chi connectivity index (χ3n) is 4.90. The summed E-state index contributed by atoms with van der Waals surface area (Å²) in [6, 6.07) is 0. The minimum Gasteiger partial charge on any atom is -0.320 e. The molecule has 100 valence electrons. The fraction of sp³-hybridized carbons (Fsp3) is 1.00. The molecule has 0 amide bonds. The smallest absolute Gasteiger partial charge is 0.000936 e. The van der Waals surface area contributed by atoms with Crippen molar-refractivity contribution in [2.45, 2.75) is 44.9 Å². The van der Waals surface area contributed by atoms with Gasteiger partial charge >= 0.3 is 0 Å². The largest absolute Gasteiger partial charge is 0.320 e. The minimum atomic E-state index is 1.04. The highest BCUT2D eigenvalue weighted by atomic mass is 15.1. The number of hydrogen-bond donors (Lipinski definition) is 1. The van der Waals surface area contributed by atoms with Gasteiger partial charge < -0.3 is 10.2 Å². The Morgan fingerprint density at radius 3 is 2.65 bits per heavy atom. The van der Waals surface area contributed by atoms with Crippen molar-refractivity contribution in [3.63, 3.8) is 0 Å². The highest BCUT2D eigenvalue weighted by Crippen LogP contribution is 2.48. The average molecular weight is 238 g/mol. The molecule has 2 aliphatic rings. The van der Waals surface area contributed by atoms with Crippen molar-refractivity contribution in [3.05, 3.63) is 0 Å². The van der Waals surface area contributed by atoms with Crippen molar-refractivity contribution in [3.8, 4) is 0 Å². The average Bonchev–Trinajstić information content (AvgIpc) is 2.90. The maximum absolute atomic E-state index is 3.22. The fourth-order valence-electron chi connectivity index (χ4n) is 3.95. The van der Waals surface area contributed by atoms with Gasteiger partial charge in [-0.3, -0.25) is 0 Å². The summed E-state index contributed by atoms with van der Waals surface area (Å²) in [7, 11) is 4.37. The Labute approximate surface area is 107 Å². The van der Waals surface area contributed by atoms with E-state index in [1.807, 2.05) is 7.05 Å². The van der Waals surface area contributed by atoms with Gasteiger partial charge in [0.15, 0.2) is 0 Å². The van der Waals surface area contributed by atoms with Crippen LogP contribution in [0.1, 0.15) is 44.9 Å². The molecular formula is C15H30N2. The van der Waals surface area contributed by atoms with Crippen LogP contribution in [-0.4, -0.2) is 38.6 Å². The predicted octanol–water partition coefficient (Wildman–Crippen LogP) is 2.74. The van der Waals surface area contributed by atoms with Crippen LogP contribution in [0.5, 0.6) is 0 Å². The SMILES string of the molecule is CNCCCCCN(C)CC1CC2CCC1C2. The summed E-state index contributed by atoms with van der Waals surface area (Å²) in [5, 5.41) is 3.22. The van der Waals surface area contributed by atoms with Gasteiger partial charge in [-0.15, -0.1) is 0 Å². The molecule has 2 rings (SSSR count). The second-order valence-corrected chi connectivity index (χ2v) is 6.36. The number of hydrogen-bond acceptors (Lipinski definition) is 2. The minimum absolute atomic E-state index is 1.04. The monoisotopic (exact) mass is 238 g/mol. The van der Waals surface area contributed by atoms with E-state index in [1.165, 1.54) is 58.2 Å². The lowest BCUT2D eigenvalue weighted by Gasteiger charge is -2.27. The first-order valence-electron chi connectivity index (χ1n) is 7.62. The molecule has 2 fully saturated rings. The Morgan fingerprint density at radius 1 is 1.12 bits per heavy atom. The van der Waals surface area contributed by atoms with E-state index in [0.717, 1.165) is 17.8 Å². The van der Waals surface area contributed by atoms with Crippen molar-refractivity contribution in [2.24, 2.45) is 17.8 Å². The predicted molar refractivity (Wildman–Crippen MR) is 74.2 cm³/mol. The highest BCUT2D eigenvalue weighted by molar-refractivity contribution is 4.90. The van der Waals surface area contributed by atoms with Crippen molar-refractivity contribution in [2.75, 3.05) is 33.7 Å². The number of nitrogens with zero attached hydrogens (tertiary/aromatic N) is 1. The molecule has 17 heavy (non-hydrogen) atoms. The molecule has 0 aromatic heterocycles. The van der Waals surface area contributed by atoms with E-state index in [4.69, 9.17) is 0 Å². The molecule has 0 aromatic carbocycles. The van der Waals surface area contributed by atoms with Gasteiger partial charge in [-0.1, -0.05) is 12.8 Å². The summed E-state index contributed by atoms with van der Waals surface area (Å²) in [5.74, 6) is 3.23. The molecular weight excluding hydrogens is 208 g/mol. The Morgan fingerprint density at radius 2 is 2.00 bits per heavy atom. The molecule has 0 spiro atoms. The van der Waals surface area contributed by atoms with E-state index in [2.05, 4.69) is 17.3 Å². The number of unbranched alkanes of at least 4 members (excludes halogenated alkanes) is 2. The van der Waals surface area contributed by atoms with E-state index < -0.39 is 0 Å². The fourth-order valence-corrected chi connectivity index (χ4v) is 3.95. The van der Waals surface area contributed by atoms with Crippen LogP contribution in [0, 0.1) is 17.8 Å². The Kier molecular flexibility index (Phi) is 5.30. The van der Waals surface area contributed by atoms with Crippen LogP contribution in [0.15, 0.2) is 0 Å². The second-order valence-electron chi connectivity index (χ2n) is 6.36. The lowest BCUT2D eigenvalue weighted by molar-refractivity contribution is 0.217. The van der Waals surface area contributed by atoms with E-state index in [9.17, 15) is 0 Å². The van der Waals surface area contributed by atoms with Gasteiger partial charge in [-0.2, -0.15) is 0 Å². The number of nitrogens with one attached hydrogen (secondary N) is 1. The van der Waals surface area contributed by atoms with Crippen molar-refractivity contribution < 1.29 is 0 Å². The summed E-state index contributed by atoms with van der Waals surface area (Å²) in [6.07, 6.45) is 10.2. The van der Waals surface area contributed by atoms with E-state index in [0.29, 0.717) is 0 Å². The first-order chi connectivity index (χ1) is 8.29. The van der Waals surface area contributed by atoms with Crippen LogP contribution in [0.2, 0.25) is 0 Å². The summed E-state index contributed by atoms with van der Waals surface area (Å²) in [5.41, 5.74) is 0. The quantitative estimate of drug-likeness (QED) is 0.654. The maximum atomic E-state index is 3.22. The highest BCUT2D eigenvalue weighted by Gasteiger charge is 2.39. The van der Waals surface area contributed by atoms with E-state index >= 15 is 0 Å². The molecule has 0 saturated heterocycles. The van der Waals surface area contributed by atoms with Crippen LogP contribution in [0.3, 0.4) is 0 Å². The molecule has 0 radical (unpaired) electrons. The first-order valence-corrected chi connectivity index (χ1v) is 7.62. The summed E-state index contributed by atoms with van der Waals surface area (Å²) in [4.78, 5) is 2.59. The van der Waals surface area contributed by atoms with E-state index in [1.54, 1.807) is 6.42 Å². The molecule has 2 aliphatic carbocycles. The Balaban J connectivity index is 1.53. The van der Waals surface area contributed by atoms with Gasteiger partial charge in [0, 0.05) is 6.54 Å². The van der Waals surface area contributed by atoms with Crippen LogP contribution >= 0.6 is 0 Å². The summed E-state index contributed by atoms with van der Waals surface area (Å²) < 4.78 is 0. The van der Waals surface area contributed by atoms with Crippen LogP contribution in [0.4, 0.5) is 0 Å². The summed E-state index contributed by atoms with van der Waals surface area (Å²) >= 11 is 0. The maximum Gasteiger partial charge on any atom is 0.000936 e. The molecule has 0 heterocycles. The van der Waals surface area contributed by atoms with Crippen molar-refractivity contribution >= 4 is 0 Å². The lowest BCUT2D eigenvalue weighted by Crippen LogP contribution is -2.29. The third-order valence-corrected chi connectivity index (χ3v) is 4.90. The van der Waals surface area contributed by atoms with Gasteiger partial charge in [0.1, 0.15) is 0 Å². The van der Waals surface area contributed by atoms with Gasteiger partial charge in [0.2, 0.25) is 0 Å². The topological polar surface area (TPSA) is 15.3 Å². The van der Waals surface area contributed by atoms with Gasteiger partial charge in [0.05, 0.1) is 0 Å². The molecule has 1 N–H and O–H groups in total. The molecule has 3 atom stereocenters. The molecule has 0 aliphatic heterocycles. The molecule has 2 bridgehead atoms. The standard InChI is InChI=1S/C15H30N2/c1-16-8-4-3-5-9-17(2)12-15-11-13-6-7-14(15)10-13/h13-16H,3-12H2,1-2H3. The molecule has 2 heteroatoms. The number of fused-ring (bicyclic) bond motifs is 2. The normalized spacial score (nSPS) is 31.6. The number of rotatable bonds is 8. The molecule has 0 aromatic rings. The zero-order valence-corrected chi connectivity index (χ0v) is 11.8. The van der Waals surface area contributed by atoms with E-state index in [-0.39, 0.29) is 0 Å². The van der Waals surface area contributed by atoms with Gasteiger partial charge in [-0.25, -0.2) is 0 Å². The third kappa shape index (κ3) is 3.96. The Bertz CT molecular complexity index is 217. The lowest BCUT2D eigenvalue weighted by atomic mass is 9.88. The van der Waals surface area contributed by atoms with Crippen LogP contribution in [0.25, 0.3) is 0 Å². The molecule has 2 nitrogen and oxygen atoms in total. The van der Waals surface area contributed by atoms with Crippen molar-refractivity contribution in [1.29, 1.82) is 0 Å².